The van der Waals surface area contributed by atoms with E-state index in [9.17, 15) is 4.79 Å². The third-order valence-corrected chi connectivity index (χ3v) is 7.11. The Morgan fingerprint density at radius 2 is 1.81 bits per heavy atom. The molecule has 0 unspecified atom stereocenters. The number of carbonyl (C=O) groups excluding carboxylic acids is 1. The summed E-state index contributed by atoms with van der Waals surface area (Å²) in [6, 6.07) is 22.1. The topological polar surface area (TPSA) is 76.1 Å². The molecular formula is C29H21FN4O2S. The number of methoxy groups -OCH3 is 1. The van der Waals surface area contributed by atoms with Gasteiger partial charge in [0.05, 0.1) is 12.6 Å². The molecule has 2 aromatic heterocycles. The molecule has 5 aromatic rings. The van der Waals surface area contributed by atoms with Gasteiger partial charge in [-0.1, -0.05) is 30.3 Å². The van der Waals surface area contributed by atoms with Gasteiger partial charge in [-0.25, -0.2) is 9.37 Å². The summed E-state index contributed by atoms with van der Waals surface area (Å²) in [5, 5.41) is 3.66. The van der Waals surface area contributed by atoms with E-state index >= 15 is 4.39 Å². The summed E-state index contributed by atoms with van der Waals surface area (Å²) in [7, 11) is 1.57. The Hall–Kier alpha value is -4.43. The fourth-order valence-corrected chi connectivity index (χ4v) is 5.13. The van der Waals surface area contributed by atoms with Gasteiger partial charge in [0.25, 0.3) is 5.91 Å². The lowest BCUT2D eigenvalue weighted by molar-refractivity contribution is 0.0950. The van der Waals surface area contributed by atoms with Crippen molar-refractivity contribution in [3.63, 3.8) is 0 Å². The maximum absolute atomic E-state index is 15.8. The van der Waals surface area contributed by atoms with Crippen LogP contribution in [0.4, 0.5) is 10.1 Å². The van der Waals surface area contributed by atoms with Gasteiger partial charge in [-0.3, -0.25) is 9.78 Å². The van der Waals surface area contributed by atoms with Crippen molar-refractivity contribution in [2.24, 2.45) is 0 Å². The molecule has 3 aromatic carbocycles. The molecule has 0 aliphatic carbocycles. The van der Waals surface area contributed by atoms with Crippen molar-refractivity contribution in [2.75, 3.05) is 11.8 Å². The summed E-state index contributed by atoms with van der Waals surface area (Å²) in [4.78, 5) is 22.7. The minimum absolute atomic E-state index is 0.0653. The third-order valence-electron chi connectivity index (χ3n) is 6.30. The normalized spacial score (nSPS) is 12.9. The van der Waals surface area contributed by atoms with E-state index in [0.717, 1.165) is 32.5 Å². The molecule has 2 N–H and O–H groups in total. The van der Waals surface area contributed by atoms with Gasteiger partial charge in [0.1, 0.15) is 11.5 Å². The number of nitrogens with zero attached hydrogens (tertiary/aromatic N) is 2. The molecule has 8 bridgehead atoms. The van der Waals surface area contributed by atoms with E-state index in [-0.39, 0.29) is 18.3 Å². The van der Waals surface area contributed by atoms with Gasteiger partial charge in [-0.2, -0.15) is 0 Å². The van der Waals surface area contributed by atoms with E-state index in [4.69, 9.17) is 4.74 Å². The van der Waals surface area contributed by atoms with Gasteiger partial charge in [0.2, 0.25) is 5.88 Å². The molecule has 3 heterocycles. The number of pyridine rings is 2. The summed E-state index contributed by atoms with van der Waals surface area (Å²) >= 11 is 1.35. The van der Waals surface area contributed by atoms with E-state index in [1.807, 2.05) is 42.5 Å². The molecule has 0 fully saturated rings. The molecule has 182 valence electrons. The first-order chi connectivity index (χ1) is 18.1. The molecule has 37 heavy (non-hydrogen) atoms. The first-order valence-electron chi connectivity index (χ1n) is 11.6. The van der Waals surface area contributed by atoms with E-state index in [1.54, 1.807) is 49.8 Å². The predicted octanol–water partition coefficient (Wildman–Crippen LogP) is 6.47. The van der Waals surface area contributed by atoms with Gasteiger partial charge >= 0.3 is 0 Å². The second kappa shape index (κ2) is 9.55. The van der Waals surface area contributed by atoms with Crippen LogP contribution in [0, 0.1) is 5.82 Å². The summed E-state index contributed by atoms with van der Waals surface area (Å²) in [6.45, 7) is 0.0653. The maximum atomic E-state index is 15.8. The van der Waals surface area contributed by atoms with Crippen molar-refractivity contribution in [3.05, 3.63) is 102 Å². The molecule has 8 heteroatoms. The lowest BCUT2D eigenvalue weighted by Crippen LogP contribution is -2.23. The van der Waals surface area contributed by atoms with E-state index in [1.165, 1.54) is 11.9 Å². The minimum atomic E-state index is -0.372. The molecular weight excluding hydrogens is 487 g/mol. The average Bonchev–Trinajstić information content (AvgIpc) is 2.94. The first kappa shape index (κ1) is 23.0. The zero-order valence-corrected chi connectivity index (χ0v) is 20.6. The van der Waals surface area contributed by atoms with Gasteiger partial charge in [-0.15, -0.1) is 0 Å². The number of fused-ring (bicyclic) bond motifs is 9. The van der Waals surface area contributed by atoms with Crippen LogP contribution in [0.25, 0.3) is 33.2 Å². The monoisotopic (exact) mass is 508 g/mol. The Morgan fingerprint density at radius 3 is 2.70 bits per heavy atom. The van der Waals surface area contributed by atoms with E-state index < -0.39 is 0 Å². The van der Waals surface area contributed by atoms with Crippen LogP contribution >= 0.6 is 11.9 Å². The highest BCUT2D eigenvalue weighted by molar-refractivity contribution is 8.00. The van der Waals surface area contributed by atoms with E-state index in [2.05, 4.69) is 20.0 Å². The predicted molar refractivity (Wildman–Crippen MR) is 144 cm³/mol. The number of anilines is 1. The zero-order valence-electron chi connectivity index (χ0n) is 19.8. The van der Waals surface area contributed by atoms with Crippen LogP contribution in [0.15, 0.2) is 90.1 Å². The highest BCUT2D eigenvalue weighted by Gasteiger charge is 2.16. The Bertz CT molecular complexity index is 1670. The molecule has 1 aliphatic rings. The van der Waals surface area contributed by atoms with Crippen LogP contribution in [-0.4, -0.2) is 23.0 Å². The maximum Gasteiger partial charge on any atom is 0.251 e. The smallest absolute Gasteiger partial charge is 0.251 e. The summed E-state index contributed by atoms with van der Waals surface area (Å²) in [6.07, 6.45) is 3.43. The van der Waals surface area contributed by atoms with Crippen LogP contribution in [0.5, 0.6) is 5.88 Å². The highest BCUT2D eigenvalue weighted by atomic mass is 32.2. The Balaban J connectivity index is 1.56. The van der Waals surface area contributed by atoms with Crippen molar-refractivity contribution in [2.45, 2.75) is 11.4 Å². The van der Waals surface area contributed by atoms with Gasteiger partial charge in [0, 0.05) is 51.5 Å². The number of aromatic nitrogens is 2. The summed E-state index contributed by atoms with van der Waals surface area (Å²) in [5.41, 5.74) is 5.28. The number of nitrogens with one attached hydrogen (secondary N) is 2. The molecule has 1 aliphatic heterocycles. The number of hydrogen-bond acceptors (Lipinski definition) is 6. The molecule has 6 nitrogen and oxygen atoms in total. The number of benzene rings is 3. The first-order valence-corrected chi connectivity index (χ1v) is 12.4. The van der Waals surface area contributed by atoms with Crippen molar-refractivity contribution >= 4 is 34.4 Å². The van der Waals surface area contributed by atoms with Crippen LogP contribution in [0.1, 0.15) is 15.9 Å². The number of amides is 1. The number of halogens is 1. The molecule has 0 saturated heterocycles. The quantitative estimate of drug-likeness (QED) is 0.253. The number of carbonyl (C=O) groups is 1. The standard InChI is InChI=1S/C29H21FN4O2S/c1-36-29-26-14-20(16-33-29)17-8-9-25-24(13-17)22(10-11-31-25)23-7-3-5-19(27(23)30)15-32-28(35)18-4-2-6-21(12-18)37-34-26/h2-14,16,34H,15H2,1H3,(H,32,35). The third kappa shape index (κ3) is 4.36. The minimum Gasteiger partial charge on any atom is -0.480 e. The number of hydrogen-bond donors (Lipinski definition) is 2. The van der Waals surface area contributed by atoms with Crippen LogP contribution in [0.2, 0.25) is 0 Å². The summed E-state index contributed by atoms with van der Waals surface area (Å²) in [5.74, 6) is -0.209. The second-order valence-electron chi connectivity index (χ2n) is 8.56. The molecule has 1 amide bonds. The molecule has 0 radical (unpaired) electrons. The van der Waals surface area contributed by atoms with Crippen molar-refractivity contribution < 1.29 is 13.9 Å². The number of rotatable bonds is 1. The number of ether oxygens (including phenoxy) is 1. The molecule has 0 atom stereocenters. The van der Waals surface area contributed by atoms with Gasteiger partial charge in [0.15, 0.2) is 0 Å². The lowest BCUT2D eigenvalue weighted by atomic mass is 9.96. The van der Waals surface area contributed by atoms with Crippen LogP contribution < -0.4 is 14.8 Å². The fraction of sp³-hybridized carbons (Fsp3) is 0.0690. The fourth-order valence-electron chi connectivity index (χ4n) is 4.42. The Morgan fingerprint density at radius 1 is 0.919 bits per heavy atom. The van der Waals surface area contributed by atoms with Crippen LogP contribution in [0.3, 0.4) is 0 Å². The van der Waals surface area contributed by atoms with Crippen molar-refractivity contribution in [1.29, 1.82) is 0 Å². The lowest BCUT2D eigenvalue weighted by Gasteiger charge is -2.15. The zero-order chi connectivity index (χ0) is 25.4. The largest absolute Gasteiger partial charge is 0.480 e. The summed E-state index contributed by atoms with van der Waals surface area (Å²) < 4.78 is 24.5. The van der Waals surface area contributed by atoms with Crippen molar-refractivity contribution in [3.8, 4) is 28.1 Å². The second-order valence-corrected chi connectivity index (χ2v) is 9.44. The molecule has 6 rings (SSSR count). The molecule has 0 spiro atoms. The Kier molecular flexibility index (Phi) is 5.94. The van der Waals surface area contributed by atoms with Crippen LogP contribution in [-0.2, 0) is 6.54 Å². The molecule has 0 saturated carbocycles. The average molecular weight is 509 g/mol. The van der Waals surface area contributed by atoms with Gasteiger partial charge in [-0.05, 0) is 65.5 Å². The van der Waals surface area contributed by atoms with Crippen molar-refractivity contribution in [1.82, 2.24) is 15.3 Å². The highest BCUT2D eigenvalue weighted by Crippen LogP contribution is 2.36. The SMILES string of the molecule is COc1ncc2cc1NSc1cccc(c1)C(=O)NCc1cccc(c1F)-c1ccnc3ccc-2cc13. The Labute approximate surface area is 217 Å². The van der Waals surface area contributed by atoms with E-state index in [0.29, 0.717) is 28.3 Å². The van der Waals surface area contributed by atoms with Gasteiger partial charge < -0.3 is 14.8 Å².